The van der Waals surface area contributed by atoms with Gasteiger partial charge in [0.05, 0.1) is 5.56 Å². The van der Waals surface area contributed by atoms with Gasteiger partial charge in [0.2, 0.25) is 0 Å². The van der Waals surface area contributed by atoms with Crippen LogP contribution in [-0.2, 0) is 0 Å². The van der Waals surface area contributed by atoms with Gasteiger partial charge < -0.3 is 15.5 Å². The summed E-state index contributed by atoms with van der Waals surface area (Å²) >= 11 is 0. The van der Waals surface area contributed by atoms with Crippen LogP contribution in [-0.4, -0.2) is 22.2 Å². The maximum atomic E-state index is 12.0. The van der Waals surface area contributed by atoms with Crippen molar-refractivity contribution in [1.82, 2.24) is 5.32 Å². The van der Waals surface area contributed by atoms with Crippen molar-refractivity contribution in [3.63, 3.8) is 0 Å². The summed E-state index contributed by atoms with van der Waals surface area (Å²) in [6.45, 7) is 1.99. The summed E-state index contributed by atoms with van der Waals surface area (Å²) in [6, 6.07) is 4.06. The number of benzene rings is 1. The van der Waals surface area contributed by atoms with E-state index in [-0.39, 0.29) is 29.0 Å². The molecule has 0 bridgehead atoms. The maximum absolute atomic E-state index is 12.0. The van der Waals surface area contributed by atoms with Crippen LogP contribution in [0.15, 0.2) is 18.2 Å². The third-order valence-corrected chi connectivity index (χ3v) is 3.69. The minimum Gasteiger partial charge on any atom is -0.508 e. The molecule has 0 aliphatic heterocycles. The van der Waals surface area contributed by atoms with Crippen LogP contribution in [0.25, 0.3) is 0 Å². The zero-order valence-electron chi connectivity index (χ0n) is 10.5. The fourth-order valence-corrected chi connectivity index (χ4v) is 2.57. The zero-order chi connectivity index (χ0) is 13.1. The van der Waals surface area contributed by atoms with Crippen LogP contribution < -0.4 is 5.32 Å². The predicted octanol–water partition coefficient (Wildman–Crippen LogP) is 2.41. The number of phenols is 2. The van der Waals surface area contributed by atoms with Gasteiger partial charge in [-0.05, 0) is 43.9 Å². The van der Waals surface area contributed by atoms with Crippen LogP contribution in [0, 0.1) is 5.92 Å². The summed E-state index contributed by atoms with van der Waals surface area (Å²) in [4.78, 5) is 12.0. The molecule has 2 rings (SSSR count). The zero-order valence-corrected chi connectivity index (χ0v) is 10.5. The highest BCUT2D eigenvalue weighted by atomic mass is 16.3. The summed E-state index contributed by atoms with van der Waals surface area (Å²) in [5.74, 6) is 0.0617. The molecule has 3 N–H and O–H groups in total. The van der Waals surface area contributed by atoms with E-state index in [4.69, 9.17) is 0 Å². The van der Waals surface area contributed by atoms with E-state index in [9.17, 15) is 15.0 Å². The van der Waals surface area contributed by atoms with Crippen LogP contribution in [0.4, 0.5) is 0 Å². The number of nitrogens with one attached hydrogen (secondary N) is 1. The second-order valence-corrected chi connectivity index (χ2v) is 5.01. The van der Waals surface area contributed by atoms with Crippen molar-refractivity contribution in [2.75, 3.05) is 0 Å². The summed E-state index contributed by atoms with van der Waals surface area (Å²) in [6.07, 6.45) is 4.74. The number of rotatable bonds is 3. The van der Waals surface area contributed by atoms with E-state index in [1.165, 1.54) is 31.0 Å². The highest BCUT2D eigenvalue weighted by Crippen LogP contribution is 2.28. The average molecular weight is 249 g/mol. The van der Waals surface area contributed by atoms with Gasteiger partial charge in [-0.1, -0.05) is 12.8 Å². The Kier molecular flexibility index (Phi) is 3.75. The first-order chi connectivity index (χ1) is 8.58. The van der Waals surface area contributed by atoms with E-state index in [1.54, 1.807) is 0 Å². The van der Waals surface area contributed by atoms with Gasteiger partial charge in [0.1, 0.15) is 11.5 Å². The Hall–Kier alpha value is -1.71. The van der Waals surface area contributed by atoms with Gasteiger partial charge in [0.15, 0.2) is 0 Å². The first kappa shape index (κ1) is 12.7. The first-order valence-electron chi connectivity index (χ1n) is 6.41. The summed E-state index contributed by atoms with van der Waals surface area (Å²) in [5.41, 5.74) is 0.125. The van der Waals surface area contributed by atoms with Crippen molar-refractivity contribution in [1.29, 1.82) is 0 Å². The van der Waals surface area contributed by atoms with Gasteiger partial charge >= 0.3 is 0 Å². The Labute approximate surface area is 107 Å². The highest BCUT2D eigenvalue weighted by Gasteiger charge is 2.24. The van der Waals surface area contributed by atoms with Gasteiger partial charge in [-0.3, -0.25) is 4.79 Å². The molecule has 1 atom stereocenters. The van der Waals surface area contributed by atoms with Crippen LogP contribution >= 0.6 is 0 Å². The molecule has 1 aliphatic rings. The first-order valence-corrected chi connectivity index (χ1v) is 6.41. The highest BCUT2D eigenvalue weighted by molar-refractivity contribution is 5.97. The van der Waals surface area contributed by atoms with Crippen molar-refractivity contribution >= 4 is 5.91 Å². The lowest BCUT2D eigenvalue weighted by Crippen LogP contribution is -2.37. The largest absolute Gasteiger partial charge is 0.508 e. The standard InChI is InChI=1S/C14H19NO3/c1-9(10-4-2-3-5-10)15-14(18)12-8-11(16)6-7-13(12)17/h6-10,16-17H,2-5H2,1H3,(H,15,18). The third-order valence-electron chi connectivity index (χ3n) is 3.69. The van der Waals surface area contributed by atoms with Crippen molar-refractivity contribution in [2.45, 2.75) is 38.6 Å². The number of phenolic OH excluding ortho intramolecular Hbond substituents is 2. The molecule has 4 nitrogen and oxygen atoms in total. The third kappa shape index (κ3) is 2.75. The molecule has 1 aliphatic carbocycles. The molecule has 0 radical (unpaired) electrons. The van der Waals surface area contributed by atoms with Gasteiger partial charge in [-0.2, -0.15) is 0 Å². The Bertz CT molecular complexity index is 439. The second kappa shape index (κ2) is 5.29. The topological polar surface area (TPSA) is 69.6 Å². The molecule has 0 aromatic heterocycles. The van der Waals surface area contributed by atoms with Gasteiger partial charge in [0.25, 0.3) is 5.91 Å². The molecule has 1 aromatic carbocycles. The lowest BCUT2D eigenvalue weighted by atomic mass is 9.99. The molecule has 98 valence electrons. The molecule has 1 aromatic rings. The molecule has 1 unspecified atom stereocenters. The van der Waals surface area contributed by atoms with Gasteiger partial charge in [0, 0.05) is 6.04 Å². The number of hydrogen-bond donors (Lipinski definition) is 3. The van der Waals surface area contributed by atoms with Crippen molar-refractivity contribution < 1.29 is 15.0 Å². The smallest absolute Gasteiger partial charge is 0.255 e. The number of carbonyl (C=O) groups is 1. The van der Waals surface area contributed by atoms with E-state index in [0.717, 1.165) is 12.8 Å². The fourth-order valence-electron chi connectivity index (χ4n) is 2.57. The summed E-state index contributed by atoms with van der Waals surface area (Å²) < 4.78 is 0. The van der Waals surface area contributed by atoms with Crippen LogP contribution in [0.2, 0.25) is 0 Å². The molecule has 18 heavy (non-hydrogen) atoms. The lowest BCUT2D eigenvalue weighted by Gasteiger charge is -2.20. The minimum absolute atomic E-state index is 0.0218. The SMILES string of the molecule is CC(NC(=O)c1cc(O)ccc1O)C1CCCC1. The number of hydrogen-bond acceptors (Lipinski definition) is 3. The molecule has 1 amide bonds. The van der Waals surface area contributed by atoms with Crippen LogP contribution in [0.3, 0.4) is 0 Å². The van der Waals surface area contributed by atoms with Crippen molar-refractivity contribution in [3.8, 4) is 11.5 Å². The Balaban J connectivity index is 2.04. The Morgan fingerprint density at radius 3 is 2.67 bits per heavy atom. The quantitative estimate of drug-likeness (QED) is 0.720. The van der Waals surface area contributed by atoms with E-state index in [1.807, 2.05) is 6.92 Å². The van der Waals surface area contributed by atoms with E-state index < -0.39 is 0 Å². The molecule has 1 fully saturated rings. The summed E-state index contributed by atoms with van der Waals surface area (Å²) in [5, 5.41) is 21.8. The fraction of sp³-hybridized carbons (Fsp3) is 0.500. The molecular weight excluding hydrogens is 230 g/mol. The van der Waals surface area contributed by atoms with Gasteiger partial charge in [-0.15, -0.1) is 0 Å². The number of amides is 1. The van der Waals surface area contributed by atoms with Crippen molar-refractivity contribution in [2.24, 2.45) is 5.92 Å². The molecular formula is C14H19NO3. The van der Waals surface area contributed by atoms with E-state index >= 15 is 0 Å². The van der Waals surface area contributed by atoms with Gasteiger partial charge in [-0.25, -0.2) is 0 Å². The second-order valence-electron chi connectivity index (χ2n) is 5.01. The molecule has 0 heterocycles. The monoisotopic (exact) mass is 249 g/mol. The normalized spacial score (nSPS) is 17.6. The van der Waals surface area contributed by atoms with Crippen molar-refractivity contribution in [3.05, 3.63) is 23.8 Å². The molecule has 4 heteroatoms. The Morgan fingerprint density at radius 1 is 1.33 bits per heavy atom. The molecule has 1 saturated carbocycles. The maximum Gasteiger partial charge on any atom is 0.255 e. The Morgan fingerprint density at radius 2 is 2.00 bits per heavy atom. The predicted molar refractivity (Wildman–Crippen MR) is 68.7 cm³/mol. The van der Waals surface area contributed by atoms with E-state index in [0.29, 0.717) is 5.92 Å². The van der Waals surface area contributed by atoms with E-state index in [2.05, 4.69) is 5.32 Å². The minimum atomic E-state index is -0.331. The van der Waals surface area contributed by atoms with Crippen LogP contribution in [0.5, 0.6) is 11.5 Å². The number of carbonyl (C=O) groups excluding carboxylic acids is 1. The lowest BCUT2D eigenvalue weighted by molar-refractivity contribution is 0.0924. The average Bonchev–Trinajstić information content (AvgIpc) is 2.85. The molecule has 0 saturated heterocycles. The summed E-state index contributed by atoms with van der Waals surface area (Å²) in [7, 11) is 0. The number of aromatic hydroxyl groups is 2. The molecule has 0 spiro atoms. The van der Waals surface area contributed by atoms with Crippen LogP contribution in [0.1, 0.15) is 43.0 Å².